The zero-order chi connectivity index (χ0) is 33.8. The average molecular weight is 631 g/mol. The summed E-state index contributed by atoms with van der Waals surface area (Å²) in [4.78, 5) is 9.26. The molecule has 2 N–H and O–H groups in total. The normalized spacial score (nSPS) is 23.3. The number of piperidine rings is 1. The Bertz CT molecular complexity index is 1140. The Morgan fingerprint density at radius 1 is 0.870 bits per heavy atom. The summed E-state index contributed by atoms with van der Waals surface area (Å²) < 4.78 is 0. The van der Waals surface area contributed by atoms with Crippen molar-refractivity contribution in [2.75, 3.05) is 60.4 Å². The number of rotatable bonds is 22. The van der Waals surface area contributed by atoms with Crippen molar-refractivity contribution in [2.45, 2.75) is 77.3 Å². The summed E-state index contributed by atoms with van der Waals surface area (Å²) in [6.07, 6.45) is 18.5. The maximum atomic E-state index is 4.66. The van der Waals surface area contributed by atoms with E-state index in [1.165, 1.54) is 49.8 Å². The van der Waals surface area contributed by atoms with Crippen LogP contribution in [0.2, 0.25) is 0 Å². The zero-order valence-corrected chi connectivity index (χ0v) is 30.1. The van der Waals surface area contributed by atoms with Crippen LogP contribution < -0.4 is 10.6 Å². The Kier molecular flexibility index (Phi) is 14.8. The van der Waals surface area contributed by atoms with Crippen LogP contribution in [0.15, 0.2) is 97.8 Å². The number of hydrogen-bond donors (Lipinski definition) is 2. The second-order valence-electron chi connectivity index (χ2n) is 14.2. The van der Waals surface area contributed by atoms with Gasteiger partial charge in [-0.1, -0.05) is 82.7 Å². The number of nitrogens with zero attached hydrogens (tertiary/aromatic N) is 4. The van der Waals surface area contributed by atoms with Gasteiger partial charge in [0.2, 0.25) is 0 Å². The van der Waals surface area contributed by atoms with Gasteiger partial charge >= 0.3 is 0 Å². The molecule has 0 aromatic heterocycles. The van der Waals surface area contributed by atoms with Crippen molar-refractivity contribution in [3.8, 4) is 0 Å². The first-order valence-corrected chi connectivity index (χ1v) is 17.7. The van der Waals surface area contributed by atoms with Gasteiger partial charge in [0.1, 0.15) is 0 Å². The fourth-order valence-corrected chi connectivity index (χ4v) is 7.00. The molecule has 0 spiro atoms. The molecule has 0 aromatic rings. The maximum absolute atomic E-state index is 4.66. The molecule has 3 rings (SSSR count). The second kappa shape index (κ2) is 18.3. The molecule has 6 heteroatoms. The summed E-state index contributed by atoms with van der Waals surface area (Å²) in [7, 11) is 6.41. The van der Waals surface area contributed by atoms with Crippen molar-refractivity contribution in [3.63, 3.8) is 0 Å². The summed E-state index contributed by atoms with van der Waals surface area (Å²) in [6, 6.07) is 0.472. The monoisotopic (exact) mass is 631 g/mol. The first-order chi connectivity index (χ1) is 21.9. The molecule has 3 aliphatic rings. The summed E-state index contributed by atoms with van der Waals surface area (Å²) in [6.45, 7) is 36.2. The third kappa shape index (κ3) is 10.7. The van der Waals surface area contributed by atoms with Crippen LogP contribution in [0.1, 0.15) is 65.2 Å². The smallest absolute Gasteiger partial charge is 0.0685 e. The van der Waals surface area contributed by atoms with Gasteiger partial charge in [-0.3, -0.25) is 0 Å². The molecule has 0 radical (unpaired) electrons. The van der Waals surface area contributed by atoms with E-state index in [1.807, 2.05) is 0 Å². The zero-order valence-electron chi connectivity index (χ0n) is 30.1. The molecule has 2 aliphatic carbocycles. The predicted molar refractivity (Wildman–Crippen MR) is 200 cm³/mol. The van der Waals surface area contributed by atoms with E-state index in [0.717, 1.165) is 86.7 Å². The Balaban J connectivity index is 1.49. The molecule has 2 fully saturated rings. The van der Waals surface area contributed by atoms with Gasteiger partial charge in [-0.2, -0.15) is 0 Å². The molecule has 256 valence electrons. The van der Waals surface area contributed by atoms with E-state index >= 15 is 0 Å². The molecule has 3 unspecified atom stereocenters. The van der Waals surface area contributed by atoms with Gasteiger partial charge in [-0.05, 0) is 76.8 Å². The summed E-state index contributed by atoms with van der Waals surface area (Å²) in [5.74, 6) is 1.96. The number of hydrogen-bond acceptors (Lipinski definition) is 6. The van der Waals surface area contributed by atoms with Crippen LogP contribution in [0.25, 0.3) is 0 Å². The lowest BCUT2D eigenvalue weighted by Gasteiger charge is -2.50. The molecule has 6 nitrogen and oxygen atoms in total. The summed E-state index contributed by atoms with van der Waals surface area (Å²) >= 11 is 0. The van der Waals surface area contributed by atoms with Crippen LogP contribution in [0.4, 0.5) is 0 Å². The number of nitrogens with one attached hydrogen (secondary N) is 2. The molecule has 1 aliphatic heterocycles. The van der Waals surface area contributed by atoms with E-state index in [-0.39, 0.29) is 6.04 Å². The van der Waals surface area contributed by atoms with Gasteiger partial charge in [-0.25, -0.2) is 0 Å². The van der Waals surface area contributed by atoms with Gasteiger partial charge in [-0.15, -0.1) is 0 Å². The summed E-state index contributed by atoms with van der Waals surface area (Å²) in [5, 5.41) is 7.04. The number of unbranched alkanes of at least 4 members (excludes halogenated alkanes) is 2. The number of likely N-dealkylation sites (tertiary alicyclic amines) is 1. The number of likely N-dealkylation sites (N-methyl/N-ethyl adjacent to an activating group) is 3. The van der Waals surface area contributed by atoms with Crippen molar-refractivity contribution in [1.82, 2.24) is 30.2 Å². The largest absolute Gasteiger partial charge is 0.387 e. The molecular formula is C40H66N6. The first-order valence-electron chi connectivity index (χ1n) is 17.7. The molecule has 46 heavy (non-hydrogen) atoms. The fourth-order valence-electron chi connectivity index (χ4n) is 7.00. The minimum absolute atomic E-state index is 0.170. The van der Waals surface area contributed by atoms with Gasteiger partial charge in [0.25, 0.3) is 0 Å². The molecule has 0 aromatic carbocycles. The van der Waals surface area contributed by atoms with E-state index in [9.17, 15) is 0 Å². The van der Waals surface area contributed by atoms with Crippen molar-refractivity contribution in [2.24, 2.45) is 17.8 Å². The van der Waals surface area contributed by atoms with E-state index in [2.05, 4.69) is 129 Å². The second-order valence-corrected chi connectivity index (χ2v) is 14.2. The lowest BCUT2D eigenvalue weighted by Crippen LogP contribution is -2.53. The summed E-state index contributed by atoms with van der Waals surface area (Å²) in [5.41, 5.74) is 6.85. The van der Waals surface area contributed by atoms with Crippen molar-refractivity contribution in [3.05, 3.63) is 97.8 Å². The Labute approximate surface area is 283 Å². The SMILES string of the molecule is C=C(CN1C(=C)C(N(C)C(=C)CN(C)C(=C)CN(C)C(=C)CCCCCNCC)CC2C=CC=CC21)NCCC1CC(C(=C)C)C1. The Morgan fingerprint density at radius 3 is 2.24 bits per heavy atom. The highest BCUT2D eigenvalue weighted by molar-refractivity contribution is 5.28. The highest BCUT2D eigenvalue weighted by Gasteiger charge is 2.39. The maximum Gasteiger partial charge on any atom is 0.0685 e. The molecule has 3 atom stereocenters. The molecule has 1 heterocycles. The lowest BCUT2D eigenvalue weighted by molar-refractivity contribution is 0.132. The van der Waals surface area contributed by atoms with Crippen LogP contribution in [0.5, 0.6) is 0 Å². The topological polar surface area (TPSA) is 37.0 Å². The van der Waals surface area contributed by atoms with E-state index in [0.29, 0.717) is 12.0 Å². The molecule has 1 saturated heterocycles. The van der Waals surface area contributed by atoms with Crippen molar-refractivity contribution >= 4 is 0 Å². The van der Waals surface area contributed by atoms with Crippen molar-refractivity contribution < 1.29 is 0 Å². The van der Waals surface area contributed by atoms with Gasteiger partial charge in [0.05, 0.1) is 31.7 Å². The highest BCUT2D eigenvalue weighted by atomic mass is 15.3. The third-order valence-electron chi connectivity index (χ3n) is 10.5. The van der Waals surface area contributed by atoms with E-state index in [1.54, 1.807) is 0 Å². The van der Waals surface area contributed by atoms with Crippen LogP contribution in [-0.4, -0.2) is 92.1 Å². The minimum Gasteiger partial charge on any atom is -0.387 e. The quantitative estimate of drug-likeness (QED) is 0.0967. The molecule has 1 saturated carbocycles. The highest BCUT2D eigenvalue weighted by Crippen LogP contribution is 2.40. The van der Waals surface area contributed by atoms with Crippen LogP contribution >= 0.6 is 0 Å². The first kappa shape index (κ1) is 37.3. The predicted octanol–water partition coefficient (Wildman–Crippen LogP) is 7.29. The fraction of sp³-hybridized carbons (Fsp3) is 0.600. The van der Waals surface area contributed by atoms with Gasteiger partial charge in [0, 0.05) is 62.1 Å². The number of allylic oxidation sites excluding steroid dienone is 4. The van der Waals surface area contributed by atoms with E-state index in [4.69, 9.17) is 0 Å². The van der Waals surface area contributed by atoms with Crippen LogP contribution in [0.3, 0.4) is 0 Å². The van der Waals surface area contributed by atoms with Crippen LogP contribution in [0, 0.1) is 17.8 Å². The van der Waals surface area contributed by atoms with Gasteiger partial charge in [0.15, 0.2) is 0 Å². The standard InChI is InChI=1S/C40H66N6/c1-12-41-22-17-13-14-18-32(5)43(9)28-33(6)44(10)29-34(7)45(11)40-26-37-19-15-16-20-39(37)46(35(40)8)27-31(4)42-23-21-36-24-38(25-36)30(2)3/h15-16,19-20,36-42H,2,4-8,12-14,17-18,21-29H2,1,3,9-11H3. The average Bonchev–Trinajstić information content (AvgIpc) is 3.00. The van der Waals surface area contributed by atoms with E-state index < -0.39 is 0 Å². The van der Waals surface area contributed by atoms with Gasteiger partial charge < -0.3 is 30.2 Å². The lowest BCUT2D eigenvalue weighted by atomic mass is 9.70. The van der Waals surface area contributed by atoms with Crippen LogP contribution in [-0.2, 0) is 0 Å². The number of fused-ring (bicyclic) bond motifs is 1. The third-order valence-corrected chi connectivity index (χ3v) is 10.5. The Morgan fingerprint density at radius 2 is 1.54 bits per heavy atom. The molecular weight excluding hydrogens is 564 g/mol. The Hall–Kier alpha value is -3.12. The molecule has 0 amide bonds. The minimum atomic E-state index is 0.170. The van der Waals surface area contributed by atoms with Crippen molar-refractivity contribution in [1.29, 1.82) is 0 Å². The molecule has 0 bridgehead atoms.